The highest BCUT2D eigenvalue weighted by Gasteiger charge is 2.68. The first-order valence-electron chi connectivity index (χ1n) is 10.1. The van der Waals surface area contributed by atoms with Gasteiger partial charge >= 0.3 is 18.1 Å². The molecule has 32 heavy (non-hydrogen) atoms. The number of piperidine rings is 1. The smallest absolute Gasteiger partial charge is 0.419 e. The summed E-state index contributed by atoms with van der Waals surface area (Å²) < 4.78 is 85.3. The average Bonchev–Trinajstić information content (AvgIpc) is 3.49. The molecule has 3 rings (SSSR count). The van der Waals surface area contributed by atoms with Crippen LogP contribution in [-0.2, 0) is 15.8 Å². The molecule has 0 bridgehead atoms. The lowest BCUT2D eigenvalue weighted by Gasteiger charge is -2.56. The molecule has 178 valence electrons. The highest BCUT2D eigenvalue weighted by Crippen LogP contribution is 2.61. The quantitative estimate of drug-likeness (QED) is 0.542. The largest absolute Gasteiger partial charge is 0.481 e. The molecule has 1 aromatic carbocycles. The van der Waals surface area contributed by atoms with Crippen LogP contribution in [0.25, 0.3) is 0 Å². The molecule has 0 aromatic heterocycles. The molecule has 1 aromatic rings. The van der Waals surface area contributed by atoms with E-state index in [4.69, 9.17) is 0 Å². The summed E-state index contributed by atoms with van der Waals surface area (Å²) in [7, 11) is 0. The van der Waals surface area contributed by atoms with Crippen molar-refractivity contribution in [2.24, 2.45) is 16.7 Å². The predicted octanol–water partition coefficient (Wildman–Crippen LogP) is 4.36. The van der Waals surface area contributed by atoms with E-state index in [0.717, 1.165) is 6.92 Å². The lowest BCUT2D eigenvalue weighted by Crippen LogP contribution is -2.70. The zero-order chi connectivity index (χ0) is 24.2. The molecule has 11 heteroatoms. The van der Waals surface area contributed by atoms with E-state index in [1.165, 1.54) is 6.92 Å². The zero-order valence-corrected chi connectivity index (χ0v) is 17.3. The summed E-state index contributed by atoms with van der Waals surface area (Å²) in [5.74, 6) is -9.39. The summed E-state index contributed by atoms with van der Waals surface area (Å²) in [5, 5.41) is 22.9. The minimum Gasteiger partial charge on any atom is -0.481 e. The number of carbonyl (C=O) groups is 2. The summed E-state index contributed by atoms with van der Waals surface area (Å²) in [6, 6.07) is -2.22. The highest BCUT2D eigenvalue weighted by atomic mass is 19.4. The number of halogens is 6. The Morgan fingerprint density at radius 2 is 1.69 bits per heavy atom. The molecule has 0 amide bonds. The second-order valence-corrected chi connectivity index (χ2v) is 8.92. The van der Waals surface area contributed by atoms with Gasteiger partial charge in [0, 0.05) is 17.5 Å². The molecule has 5 atom stereocenters. The number of nitrogens with one attached hydrogen (secondary N) is 1. The second kappa shape index (κ2) is 7.93. The minimum absolute atomic E-state index is 0.247. The molecule has 1 saturated carbocycles. The Labute approximate surface area is 179 Å². The van der Waals surface area contributed by atoms with Gasteiger partial charge in [0.2, 0.25) is 0 Å². The number of hydrogen-bond donors (Lipinski definition) is 3. The van der Waals surface area contributed by atoms with Crippen molar-refractivity contribution in [3.63, 3.8) is 0 Å². The maximum atomic E-state index is 15.1. The van der Waals surface area contributed by atoms with E-state index in [1.54, 1.807) is 0 Å². The molecule has 3 N–H and O–H groups in total. The first kappa shape index (κ1) is 24.3. The van der Waals surface area contributed by atoms with Gasteiger partial charge in [0.1, 0.15) is 18.3 Å². The third-order valence-corrected chi connectivity index (χ3v) is 7.11. The van der Waals surface area contributed by atoms with Crippen LogP contribution in [0.15, 0.2) is 12.1 Å². The maximum Gasteiger partial charge on any atom is 0.419 e. The molecule has 1 aliphatic heterocycles. The molecular formula is C21H23F6NO4. The molecule has 1 heterocycles. The average molecular weight is 467 g/mol. The monoisotopic (exact) mass is 467 g/mol. The fraction of sp³-hybridized carbons (Fsp3) is 0.619. The Kier molecular flexibility index (Phi) is 6.03. The topological polar surface area (TPSA) is 86.6 Å². The molecule has 1 aliphatic carbocycles. The first-order chi connectivity index (χ1) is 14.7. The number of aliphatic carboxylic acids is 2. The Hall–Kier alpha value is -2.30. The van der Waals surface area contributed by atoms with E-state index in [1.807, 2.05) is 0 Å². The van der Waals surface area contributed by atoms with Crippen molar-refractivity contribution in [3.05, 3.63) is 34.9 Å². The van der Waals surface area contributed by atoms with Crippen LogP contribution in [0.4, 0.5) is 26.3 Å². The Morgan fingerprint density at radius 1 is 1.12 bits per heavy atom. The van der Waals surface area contributed by atoms with E-state index in [0.29, 0.717) is 18.9 Å². The predicted molar refractivity (Wildman–Crippen MR) is 99.6 cm³/mol. The van der Waals surface area contributed by atoms with Gasteiger partial charge in [-0.3, -0.25) is 9.59 Å². The summed E-state index contributed by atoms with van der Waals surface area (Å²) in [6.07, 6.45) is -4.61. The van der Waals surface area contributed by atoms with Gasteiger partial charge < -0.3 is 15.5 Å². The first-order valence-corrected chi connectivity index (χ1v) is 10.1. The van der Waals surface area contributed by atoms with Gasteiger partial charge in [-0.2, -0.15) is 13.2 Å². The summed E-state index contributed by atoms with van der Waals surface area (Å²) in [4.78, 5) is 25.1. The van der Waals surface area contributed by atoms with Crippen molar-refractivity contribution in [1.82, 2.24) is 5.32 Å². The summed E-state index contributed by atoms with van der Waals surface area (Å²) >= 11 is 0. The van der Waals surface area contributed by atoms with Gasteiger partial charge in [-0.25, -0.2) is 13.2 Å². The number of rotatable bonds is 6. The number of hydrogen-bond acceptors (Lipinski definition) is 3. The van der Waals surface area contributed by atoms with Crippen molar-refractivity contribution in [2.45, 2.75) is 57.3 Å². The highest BCUT2D eigenvalue weighted by molar-refractivity contribution is 5.84. The lowest BCUT2D eigenvalue weighted by molar-refractivity contribution is -0.175. The van der Waals surface area contributed by atoms with E-state index >= 15 is 4.39 Å². The van der Waals surface area contributed by atoms with E-state index < -0.39 is 76.4 Å². The van der Waals surface area contributed by atoms with Gasteiger partial charge in [0.05, 0.1) is 22.4 Å². The standard InChI is InChI=1S/C21H23F6NO4/c1-9-20(18(31)32,7-10-3-4-10)16(19(2,17(29)30)13(8-22)28-9)14-11(23)5-6-12(24)15(14)21(25,26)27/h5-6,9-10,13,16,28H,3-4,7-8H2,1-2H3,(H,29,30)(H,31,32). The van der Waals surface area contributed by atoms with Crippen LogP contribution in [0, 0.1) is 28.4 Å². The van der Waals surface area contributed by atoms with Gasteiger partial charge in [-0.15, -0.1) is 0 Å². The molecule has 0 spiro atoms. The van der Waals surface area contributed by atoms with Crippen molar-refractivity contribution in [3.8, 4) is 0 Å². The van der Waals surface area contributed by atoms with Crippen LogP contribution >= 0.6 is 0 Å². The third-order valence-electron chi connectivity index (χ3n) is 7.11. The van der Waals surface area contributed by atoms with Crippen molar-refractivity contribution in [1.29, 1.82) is 0 Å². The van der Waals surface area contributed by atoms with Crippen LogP contribution in [-0.4, -0.2) is 40.9 Å². The molecule has 2 aliphatic rings. The van der Waals surface area contributed by atoms with Gasteiger partial charge in [-0.1, -0.05) is 12.8 Å². The summed E-state index contributed by atoms with van der Waals surface area (Å²) in [5.41, 5.74) is -8.27. The SMILES string of the molecule is CC1NC(CF)C(C)(C(=O)O)C(c2c(F)ccc(F)c2C(F)(F)F)C1(CC1CC1)C(=O)O. The number of alkyl halides is 4. The van der Waals surface area contributed by atoms with Gasteiger partial charge in [0.15, 0.2) is 0 Å². The summed E-state index contributed by atoms with van der Waals surface area (Å²) in [6.45, 7) is 0.803. The second-order valence-electron chi connectivity index (χ2n) is 8.92. The molecule has 0 radical (unpaired) electrons. The van der Waals surface area contributed by atoms with Crippen LogP contribution in [0.3, 0.4) is 0 Å². The molecule has 1 saturated heterocycles. The Morgan fingerprint density at radius 3 is 2.12 bits per heavy atom. The van der Waals surface area contributed by atoms with Crippen LogP contribution in [0.2, 0.25) is 0 Å². The molecule has 2 fully saturated rings. The maximum absolute atomic E-state index is 15.1. The van der Waals surface area contributed by atoms with Crippen LogP contribution in [0.5, 0.6) is 0 Å². The molecular weight excluding hydrogens is 444 g/mol. The van der Waals surface area contributed by atoms with Crippen LogP contribution < -0.4 is 5.32 Å². The van der Waals surface area contributed by atoms with Crippen molar-refractivity contribution < 1.29 is 46.1 Å². The molecule has 5 unspecified atom stereocenters. The normalized spacial score (nSPS) is 33.2. The van der Waals surface area contributed by atoms with E-state index in [9.17, 15) is 41.8 Å². The fourth-order valence-electron chi connectivity index (χ4n) is 5.27. The number of carboxylic acids is 2. The van der Waals surface area contributed by atoms with Gasteiger partial charge in [0.25, 0.3) is 0 Å². The van der Waals surface area contributed by atoms with Gasteiger partial charge in [-0.05, 0) is 38.3 Å². The Balaban J connectivity index is 2.48. The fourth-order valence-corrected chi connectivity index (χ4v) is 5.27. The van der Waals surface area contributed by atoms with E-state index in [-0.39, 0.29) is 18.4 Å². The van der Waals surface area contributed by atoms with Crippen LogP contribution in [0.1, 0.15) is 50.2 Å². The van der Waals surface area contributed by atoms with E-state index in [2.05, 4.69) is 5.32 Å². The Bertz CT molecular complexity index is 934. The third kappa shape index (κ3) is 3.54. The van der Waals surface area contributed by atoms with Crippen molar-refractivity contribution >= 4 is 11.9 Å². The zero-order valence-electron chi connectivity index (χ0n) is 17.3. The number of benzene rings is 1. The van der Waals surface area contributed by atoms with Crippen molar-refractivity contribution in [2.75, 3.05) is 6.67 Å². The number of carboxylic acid groups (broad SMARTS) is 2. The molecule has 5 nitrogen and oxygen atoms in total. The minimum atomic E-state index is -5.45. The lowest BCUT2D eigenvalue weighted by atomic mass is 9.50.